The van der Waals surface area contributed by atoms with Crippen molar-refractivity contribution in [1.82, 2.24) is 19.8 Å². The van der Waals surface area contributed by atoms with Crippen LogP contribution in [0.4, 0.5) is 0 Å². The van der Waals surface area contributed by atoms with Crippen molar-refractivity contribution in [3.8, 4) is 11.3 Å². The Morgan fingerprint density at radius 1 is 0.844 bits per heavy atom. The van der Waals surface area contributed by atoms with Crippen LogP contribution < -0.4 is 11.3 Å². The Kier molecular flexibility index (Phi) is 5.27. The molecule has 1 amide bonds. The first-order chi connectivity index (χ1) is 15.7. The summed E-state index contributed by atoms with van der Waals surface area (Å²) < 4.78 is 3.93. The van der Waals surface area contributed by atoms with Crippen LogP contribution >= 0.6 is 0 Å². The number of nitrogens with zero attached hydrogens (tertiary/aromatic N) is 3. The van der Waals surface area contributed by atoms with Gasteiger partial charge in [0.2, 0.25) is 0 Å². The predicted molar refractivity (Wildman–Crippen MR) is 126 cm³/mol. The number of nitrogens with two attached hydrogens (primary N) is 1. The van der Waals surface area contributed by atoms with Gasteiger partial charge in [-0.05, 0) is 23.3 Å². The summed E-state index contributed by atoms with van der Waals surface area (Å²) in [4.78, 5) is 12.5. The Bertz CT molecular complexity index is 1370. The van der Waals surface area contributed by atoms with Crippen LogP contribution in [0.1, 0.15) is 21.6 Å². The first-order valence-electron chi connectivity index (χ1n) is 10.5. The Morgan fingerprint density at radius 3 is 2.16 bits per heavy atom. The Morgan fingerprint density at radius 2 is 1.47 bits per heavy atom. The van der Waals surface area contributed by atoms with Crippen LogP contribution in [-0.4, -0.2) is 20.3 Å². The maximum absolute atomic E-state index is 12.5. The van der Waals surface area contributed by atoms with Gasteiger partial charge in [-0.1, -0.05) is 78.9 Å². The standard InChI is InChI=1S/C26H23N5O/c27-28-26(32)25-15-23(29-31(25)17-20-11-5-2-6-12-20)22-18-30(16-19-9-3-1-4-10-19)24-14-8-7-13-21(22)24/h1-15,18H,16-17,27H2,(H,28,32). The highest BCUT2D eigenvalue weighted by molar-refractivity contribution is 5.98. The van der Waals surface area contributed by atoms with Gasteiger partial charge in [0.15, 0.2) is 0 Å². The number of hydrogen-bond donors (Lipinski definition) is 2. The quantitative estimate of drug-likeness (QED) is 0.245. The van der Waals surface area contributed by atoms with Crippen molar-refractivity contribution in [2.45, 2.75) is 13.1 Å². The molecule has 0 atom stereocenters. The van der Waals surface area contributed by atoms with Crippen molar-refractivity contribution in [3.63, 3.8) is 0 Å². The van der Waals surface area contributed by atoms with Crippen LogP contribution in [0.2, 0.25) is 0 Å². The van der Waals surface area contributed by atoms with Gasteiger partial charge in [0.25, 0.3) is 5.91 Å². The molecule has 2 aromatic heterocycles. The second-order valence-electron chi connectivity index (χ2n) is 7.70. The maximum Gasteiger partial charge on any atom is 0.283 e. The molecule has 32 heavy (non-hydrogen) atoms. The molecule has 0 unspecified atom stereocenters. The highest BCUT2D eigenvalue weighted by Gasteiger charge is 2.19. The molecule has 0 aliphatic carbocycles. The Balaban J connectivity index is 1.60. The minimum absolute atomic E-state index is 0.368. The van der Waals surface area contributed by atoms with E-state index in [9.17, 15) is 4.79 Å². The lowest BCUT2D eigenvalue weighted by Gasteiger charge is -2.06. The van der Waals surface area contributed by atoms with E-state index in [2.05, 4.69) is 40.5 Å². The lowest BCUT2D eigenvalue weighted by atomic mass is 10.1. The fraction of sp³-hybridized carbons (Fsp3) is 0.0769. The van der Waals surface area contributed by atoms with Crippen LogP contribution in [-0.2, 0) is 13.1 Å². The number of rotatable bonds is 6. The number of nitrogen functional groups attached to an aromatic ring is 1. The maximum atomic E-state index is 12.5. The van der Waals surface area contributed by atoms with E-state index < -0.39 is 0 Å². The van der Waals surface area contributed by atoms with Gasteiger partial charge in [-0.3, -0.25) is 14.9 Å². The van der Waals surface area contributed by atoms with Gasteiger partial charge in [-0.25, -0.2) is 5.84 Å². The van der Waals surface area contributed by atoms with Crippen molar-refractivity contribution < 1.29 is 4.79 Å². The van der Waals surface area contributed by atoms with E-state index in [-0.39, 0.29) is 5.91 Å². The zero-order valence-electron chi connectivity index (χ0n) is 17.5. The number of carbonyl (C=O) groups excluding carboxylic acids is 1. The molecule has 0 bridgehead atoms. The minimum Gasteiger partial charge on any atom is -0.342 e. The molecule has 158 valence electrons. The van der Waals surface area contributed by atoms with E-state index in [1.54, 1.807) is 10.7 Å². The third kappa shape index (κ3) is 3.79. The first kappa shape index (κ1) is 19.8. The van der Waals surface area contributed by atoms with Crippen LogP contribution in [0.5, 0.6) is 0 Å². The van der Waals surface area contributed by atoms with Crippen molar-refractivity contribution in [2.75, 3.05) is 0 Å². The lowest BCUT2D eigenvalue weighted by Crippen LogP contribution is -2.32. The number of amides is 1. The summed E-state index contributed by atoms with van der Waals surface area (Å²) in [6.07, 6.45) is 2.11. The number of fused-ring (bicyclic) bond motifs is 1. The zero-order valence-corrected chi connectivity index (χ0v) is 17.5. The molecule has 6 nitrogen and oxygen atoms in total. The highest BCUT2D eigenvalue weighted by atomic mass is 16.2. The SMILES string of the molecule is NNC(=O)c1cc(-c2cn(Cc3ccccc3)c3ccccc23)nn1Cc1ccccc1. The molecule has 0 saturated carbocycles. The molecule has 6 heteroatoms. The van der Waals surface area contributed by atoms with E-state index in [1.165, 1.54) is 5.56 Å². The highest BCUT2D eigenvalue weighted by Crippen LogP contribution is 2.31. The largest absolute Gasteiger partial charge is 0.342 e. The molecule has 0 fully saturated rings. The molecular weight excluding hydrogens is 398 g/mol. The first-order valence-corrected chi connectivity index (χ1v) is 10.5. The number of hydrogen-bond acceptors (Lipinski definition) is 3. The molecule has 5 rings (SSSR count). The van der Waals surface area contributed by atoms with Gasteiger partial charge in [-0.2, -0.15) is 5.10 Å². The van der Waals surface area contributed by atoms with Crippen molar-refractivity contribution >= 4 is 16.8 Å². The minimum atomic E-state index is -0.368. The monoisotopic (exact) mass is 421 g/mol. The topological polar surface area (TPSA) is 77.9 Å². The van der Waals surface area contributed by atoms with Crippen molar-refractivity contribution in [1.29, 1.82) is 0 Å². The van der Waals surface area contributed by atoms with Gasteiger partial charge < -0.3 is 4.57 Å². The molecule has 3 aromatic carbocycles. The smallest absolute Gasteiger partial charge is 0.283 e. The number of para-hydroxylation sites is 1. The molecule has 0 aliphatic rings. The second-order valence-corrected chi connectivity index (χ2v) is 7.70. The summed E-state index contributed by atoms with van der Waals surface area (Å²) in [5.41, 5.74) is 7.78. The summed E-state index contributed by atoms with van der Waals surface area (Å²) in [7, 11) is 0. The van der Waals surface area contributed by atoms with Gasteiger partial charge in [0, 0.05) is 29.2 Å². The van der Waals surface area contributed by atoms with E-state index >= 15 is 0 Å². The van der Waals surface area contributed by atoms with Crippen LogP contribution in [0.15, 0.2) is 97.2 Å². The normalized spacial score (nSPS) is 11.0. The van der Waals surface area contributed by atoms with Gasteiger partial charge in [0.1, 0.15) is 5.69 Å². The molecule has 5 aromatic rings. The average molecular weight is 422 g/mol. The summed E-state index contributed by atoms with van der Waals surface area (Å²) >= 11 is 0. The van der Waals surface area contributed by atoms with Gasteiger partial charge >= 0.3 is 0 Å². The number of hydrazine groups is 1. The van der Waals surface area contributed by atoms with E-state index in [0.717, 1.165) is 34.3 Å². The van der Waals surface area contributed by atoms with E-state index in [4.69, 9.17) is 10.9 Å². The fourth-order valence-electron chi connectivity index (χ4n) is 4.04. The summed E-state index contributed by atoms with van der Waals surface area (Å²) in [6.45, 7) is 1.23. The Hall–Kier alpha value is -4.16. The Labute approximate surface area is 185 Å². The predicted octanol–water partition coefficient (Wildman–Crippen LogP) is 4.20. The van der Waals surface area contributed by atoms with Crippen molar-refractivity contribution in [3.05, 3.63) is 114 Å². The van der Waals surface area contributed by atoms with Crippen molar-refractivity contribution in [2.24, 2.45) is 5.84 Å². The summed E-state index contributed by atoms with van der Waals surface area (Å²) in [6, 6.07) is 30.3. The molecule has 2 heterocycles. The summed E-state index contributed by atoms with van der Waals surface area (Å²) in [5.74, 6) is 5.08. The number of aromatic nitrogens is 3. The molecule has 0 aliphatic heterocycles. The zero-order chi connectivity index (χ0) is 21.9. The molecule has 0 spiro atoms. The number of carbonyl (C=O) groups is 1. The van der Waals surface area contributed by atoms with E-state index in [1.807, 2.05) is 60.7 Å². The van der Waals surface area contributed by atoms with Crippen LogP contribution in [0.3, 0.4) is 0 Å². The van der Waals surface area contributed by atoms with Crippen LogP contribution in [0.25, 0.3) is 22.2 Å². The molecular formula is C26H23N5O. The third-order valence-corrected chi connectivity index (χ3v) is 5.58. The average Bonchev–Trinajstić information content (AvgIpc) is 3.42. The van der Waals surface area contributed by atoms with E-state index in [0.29, 0.717) is 12.2 Å². The molecule has 0 radical (unpaired) electrons. The number of nitrogens with one attached hydrogen (secondary N) is 1. The van der Waals surface area contributed by atoms with Crippen LogP contribution in [0, 0.1) is 0 Å². The second kappa shape index (κ2) is 8.53. The number of benzene rings is 3. The lowest BCUT2D eigenvalue weighted by molar-refractivity contribution is 0.0943. The molecule has 3 N–H and O–H groups in total. The molecule has 0 saturated heterocycles. The van der Waals surface area contributed by atoms with Gasteiger partial charge in [0.05, 0.1) is 12.2 Å². The summed E-state index contributed by atoms with van der Waals surface area (Å²) in [5, 5.41) is 5.89. The van der Waals surface area contributed by atoms with Gasteiger partial charge in [-0.15, -0.1) is 0 Å². The third-order valence-electron chi connectivity index (χ3n) is 5.58. The fourth-order valence-corrected chi connectivity index (χ4v) is 4.04.